The van der Waals surface area contributed by atoms with Gasteiger partial charge in [0.25, 0.3) is 6.02 Å². The van der Waals surface area contributed by atoms with Crippen LogP contribution in [0.3, 0.4) is 0 Å². The quantitative estimate of drug-likeness (QED) is 0.718. The molecule has 3 heteroatoms. The minimum atomic E-state index is 0.691. The van der Waals surface area contributed by atoms with E-state index in [-0.39, 0.29) is 0 Å². The molecule has 23 heavy (non-hydrogen) atoms. The topological polar surface area (TPSA) is 24.8 Å². The third kappa shape index (κ3) is 2.90. The Morgan fingerprint density at radius 3 is 2.57 bits per heavy atom. The molecule has 0 N–H and O–H groups in total. The van der Waals surface area contributed by atoms with Crippen molar-refractivity contribution in [2.24, 2.45) is 4.99 Å². The Balaban J connectivity index is 1.66. The van der Waals surface area contributed by atoms with Crippen LogP contribution in [0.1, 0.15) is 5.56 Å². The largest absolute Gasteiger partial charge is 0.463 e. The fourth-order valence-corrected chi connectivity index (χ4v) is 2.90. The summed E-state index contributed by atoms with van der Waals surface area (Å²) in [5.74, 6) is 0. The molecule has 0 saturated carbocycles. The molecule has 3 nitrogen and oxygen atoms in total. The summed E-state index contributed by atoms with van der Waals surface area (Å²) >= 11 is 0. The van der Waals surface area contributed by atoms with Gasteiger partial charge in [-0.1, -0.05) is 66.7 Å². The minimum Gasteiger partial charge on any atom is -0.463 e. The van der Waals surface area contributed by atoms with Crippen molar-refractivity contribution < 1.29 is 4.74 Å². The van der Waals surface area contributed by atoms with Crippen molar-refractivity contribution in [3.8, 4) is 0 Å². The Labute approximate surface area is 135 Å². The number of fused-ring (bicyclic) bond motifs is 1. The van der Waals surface area contributed by atoms with Gasteiger partial charge >= 0.3 is 0 Å². The fraction of sp³-hybridized carbons (Fsp3) is 0.150. The second kappa shape index (κ2) is 6.13. The molecule has 0 spiro atoms. The van der Waals surface area contributed by atoms with E-state index in [0.29, 0.717) is 12.6 Å². The van der Waals surface area contributed by atoms with E-state index < -0.39 is 0 Å². The zero-order valence-electron chi connectivity index (χ0n) is 12.9. The van der Waals surface area contributed by atoms with Gasteiger partial charge in [0.15, 0.2) is 0 Å². The minimum absolute atomic E-state index is 0.691. The monoisotopic (exact) mass is 302 g/mol. The van der Waals surface area contributed by atoms with Gasteiger partial charge in [-0.2, -0.15) is 4.99 Å². The highest BCUT2D eigenvalue weighted by molar-refractivity contribution is 5.95. The summed E-state index contributed by atoms with van der Waals surface area (Å²) in [6.45, 7) is 2.39. The maximum atomic E-state index is 5.77. The molecule has 1 aliphatic heterocycles. The van der Waals surface area contributed by atoms with Gasteiger partial charge in [0, 0.05) is 11.9 Å². The molecule has 0 bridgehead atoms. The number of hydrogen-bond acceptors (Lipinski definition) is 2. The Morgan fingerprint density at radius 2 is 1.65 bits per heavy atom. The first-order chi connectivity index (χ1) is 11.4. The van der Waals surface area contributed by atoms with Crippen molar-refractivity contribution in [2.45, 2.75) is 6.54 Å². The number of aliphatic imine (C=N–C) groups is 1. The Morgan fingerprint density at radius 1 is 0.870 bits per heavy atom. The van der Waals surface area contributed by atoms with E-state index in [2.05, 4.69) is 47.4 Å². The van der Waals surface area contributed by atoms with Crippen LogP contribution in [-0.2, 0) is 11.3 Å². The summed E-state index contributed by atoms with van der Waals surface area (Å²) in [7, 11) is 0. The molecular weight excluding hydrogens is 284 g/mol. The SMILES string of the molecule is c1ccc(CN2CCOC2=Nc2cccc3ccccc23)cc1. The molecule has 3 aromatic rings. The average molecular weight is 302 g/mol. The van der Waals surface area contributed by atoms with Crippen LogP contribution in [0.2, 0.25) is 0 Å². The maximum absolute atomic E-state index is 5.77. The molecule has 0 atom stereocenters. The van der Waals surface area contributed by atoms with E-state index in [1.54, 1.807) is 0 Å². The first-order valence-electron chi connectivity index (χ1n) is 7.88. The second-order valence-corrected chi connectivity index (χ2v) is 5.65. The van der Waals surface area contributed by atoms with Gasteiger partial charge in [0.2, 0.25) is 0 Å². The van der Waals surface area contributed by atoms with Crippen LogP contribution in [0, 0.1) is 0 Å². The predicted molar refractivity (Wildman–Crippen MR) is 93.8 cm³/mol. The summed E-state index contributed by atoms with van der Waals surface area (Å²) in [4.78, 5) is 6.98. The predicted octanol–water partition coefficient (Wildman–Crippen LogP) is 4.36. The van der Waals surface area contributed by atoms with E-state index in [1.165, 1.54) is 10.9 Å². The van der Waals surface area contributed by atoms with E-state index in [9.17, 15) is 0 Å². The van der Waals surface area contributed by atoms with Crippen LogP contribution in [0.25, 0.3) is 10.8 Å². The van der Waals surface area contributed by atoms with Gasteiger partial charge in [-0.3, -0.25) is 0 Å². The molecular formula is C20H18N2O. The number of ether oxygens (including phenoxy) is 1. The second-order valence-electron chi connectivity index (χ2n) is 5.65. The van der Waals surface area contributed by atoms with Gasteiger partial charge in [0.1, 0.15) is 6.61 Å². The number of hydrogen-bond donors (Lipinski definition) is 0. The lowest BCUT2D eigenvalue weighted by molar-refractivity contribution is 0.351. The first-order valence-corrected chi connectivity index (χ1v) is 7.88. The highest BCUT2D eigenvalue weighted by atomic mass is 16.5. The van der Waals surface area contributed by atoms with E-state index in [4.69, 9.17) is 9.73 Å². The van der Waals surface area contributed by atoms with E-state index in [1.807, 2.05) is 30.3 Å². The van der Waals surface area contributed by atoms with Gasteiger partial charge in [-0.15, -0.1) is 0 Å². The Kier molecular flexibility index (Phi) is 3.68. The lowest BCUT2D eigenvalue weighted by Gasteiger charge is -2.16. The normalized spacial score (nSPS) is 16.0. The van der Waals surface area contributed by atoms with Gasteiger partial charge < -0.3 is 9.64 Å². The van der Waals surface area contributed by atoms with Crippen LogP contribution in [0.4, 0.5) is 5.69 Å². The van der Waals surface area contributed by atoms with Crippen molar-refractivity contribution >= 4 is 22.5 Å². The summed E-state index contributed by atoms with van der Waals surface area (Å²) < 4.78 is 5.77. The summed E-state index contributed by atoms with van der Waals surface area (Å²) in [5.41, 5.74) is 2.22. The zero-order valence-corrected chi connectivity index (χ0v) is 12.9. The smallest absolute Gasteiger partial charge is 0.293 e. The van der Waals surface area contributed by atoms with E-state index in [0.717, 1.165) is 24.2 Å². The maximum Gasteiger partial charge on any atom is 0.293 e. The van der Waals surface area contributed by atoms with Crippen LogP contribution in [0.15, 0.2) is 77.8 Å². The van der Waals surface area contributed by atoms with Crippen LogP contribution >= 0.6 is 0 Å². The molecule has 0 aliphatic carbocycles. The summed E-state index contributed by atoms with van der Waals surface area (Å²) in [5, 5.41) is 2.35. The number of amidine groups is 1. The van der Waals surface area contributed by atoms with Gasteiger partial charge in [0.05, 0.1) is 12.2 Å². The van der Waals surface area contributed by atoms with E-state index >= 15 is 0 Å². The third-order valence-corrected chi connectivity index (χ3v) is 4.06. The molecule has 4 rings (SSSR count). The standard InChI is InChI=1S/C20H18N2O/c1-2-7-16(8-3-1)15-22-13-14-23-20(22)21-19-12-6-10-17-9-4-5-11-18(17)19/h1-12H,13-15H2. The Bertz CT molecular complexity index is 837. The molecule has 1 heterocycles. The zero-order chi connectivity index (χ0) is 15.5. The molecule has 1 fully saturated rings. The van der Waals surface area contributed by atoms with Gasteiger partial charge in [-0.25, -0.2) is 0 Å². The Hall–Kier alpha value is -2.81. The van der Waals surface area contributed by atoms with Crippen molar-refractivity contribution in [2.75, 3.05) is 13.2 Å². The van der Waals surface area contributed by atoms with Crippen molar-refractivity contribution in [1.29, 1.82) is 0 Å². The van der Waals surface area contributed by atoms with Crippen molar-refractivity contribution in [3.63, 3.8) is 0 Å². The molecule has 3 aromatic carbocycles. The lowest BCUT2D eigenvalue weighted by Crippen LogP contribution is -2.24. The molecule has 0 aromatic heterocycles. The summed E-state index contributed by atoms with van der Waals surface area (Å²) in [6.07, 6.45) is 0. The number of benzene rings is 3. The van der Waals surface area contributed by atoms with Gasteiger partial charge in [-0.05, 0) is 17.0 Å². The first kappa shape index (κ1) is 13.8. The summed E-state index contributed by atoms with van der Waals surface area (Å²) in [6, 6.07) is 25.6. The highest BCUT2D eigenvalue weighted by Gasteiger charge is 2.20. The molecule has 0 unspecified atom stereocenters. The molecule has 0 radical (unpaired) electrons. The third-order valence-electron chi connectivity index (χ3n) is 4.06. The van der Waals surface area contributed by atoms with Crippen LogP contribution in [0.5, 0.6) is 0 Å². The highest BCUT2D eigenvalue weighted by Crippen LogP contribution is 2.27. The van der Waals surface area contributed by atoms with Crippen molar-refractivity contribution in [1.82, 2.24) is 4.90 Å². The molecule has 1 aliphatic rings. The molecule has 1 saturated heterocycles. The number of nitrogens with zero attached hydrogens (tertiary/aromatic N) is 2. The van der Waals surface area contributed by atoms with Crippen molar-refractivity contribution in [3.05, 3.63) is 78.4 Å². The molecule has 0 amide bonds. The molecule has 114 valence electrons. The lowest BCUT2D eigenvalue weighted by atomic mass is 10.1. The fourth-order valence-electron chi connectivity index (χ4n) is 2.90. The number of rotatable bonds is 3. The van der Waals surface area contributed by atoms with Crippen LogP contribution < -0.4 is 0 Å². The van der Waals surface area contributed by atoms with Crippen LogP contribution in [-0.4, -0.2) is 24.1 Å². The average Bonchev–Trinajstić information content (AvgIpc) is 3.03.